The van der Waals surface area contributed by atoms with E-state index in [0.29, 0.717) is 18.9 Å². The maximum atomic E-state index is 11.2. The molecule has 5 nitrogen and oxygen atoms in total. The van der Waals surface area contributed by atoms with Crippen molar-refractivity contribution >= 4 is 5.97 Å². The van der Waals surface area contributed by atoms with Crippen LogP contribution in [0.3, 0.4) is 0 Å². The molecule has 0 bridgehead atoms. The molecule has 0 aliphatic carbocycles. The molecule has 13 heavy (non-hydrogen) atoms. The molecule has 0 aliphatic heterocycles. The molecule has 1 atom stereocenters. The van der Waals surface area contributed by atoms with Gasteiger partial charge in [0, 0.05) is 4.91 Å². The monoisotopic (exact) mass is 185 g/mol. The fourth-order valence-corrected chi connectivity index (χ4v) is 0.703. The van der Waals surface area contributed by atoms with Crippen molar-refractivity contribution in [3.05, 3.63) is 10.4 Å². The summed E-state index contributed by atoms with van der Waals surface area (Å²) in [6.07, 6.45) is 0.473. The van der Waals surface area contributed by atoms with E-state index < -0.39 is 12.0 Å². The number of azide groups is 1. The van der Waals surface area contributed by atoms with E-state index in [4.69, 9.17) is 10.3 Å². The van der Waals surface area contributed by atoms with Gasteiger partial charge in [0.15, 0.2) is 0 Å². The van der Waals surface area contributed by atoms with Crippen LogP contribution in [-0.2, 0) is 9.53 Å². The second-order valence-electron chi connectivity index (χ2n) is 3.15. The summed E-state index contributed by atoms with van der Waals surface area (Å²) in [4.78, 5) is 13.8. The van der Waals surface area contributed by atoms with Crippen molar-refractivity contribution < 1.29 is 9.53 Å². The van der Waals surface area contributed by atoms with E-state index in [1.807, 2.05) is 13.8 Å². The molecule has 0 saturated carbocycles. The number of esters is 1. The summed E-state index contributed by atoms with van der Waals surface area (Å²) in [7, 11) is 0. The van der Waals surface area contributed by atoms with Crippen molar-refractivity contribution in [3.63, 3.8) is 0 Å². The summed E-state index contributed by atoms with van der Waals surface area (Å²) < 4.78 is 4.91. The summed E-state index contributed by atoms with van der Waals surface area (Å²) in [5, 5.41) is 3.33. The minimum atomic E-state index is -0.677. The zero-order valence-corrected chi connectivity index (χ0v) is 8.23. The fraction of sp³-hybridized carbons (Fsp3) is 0.875. The first kappa shape index (κ1) is 11.8. The topological polar surface area (TPSA) is 75.1 Å². The van der Waals surface area contributed by atoms with Crippen LogP contribution in [-0.4, -0.2) is 18.6 Å². The highest BCUT2D eigenvalue weighted by atomic mass is 16.5. The van der Waals surface area contributed by atoms with Crippen molar-refractivity contribution in [1.82, 2.24) is 0 Å². The van der Waals surface area contributed by atoms with Gasteiger partial charge in [0.1, 0.15) is 6.04 Å². The molecular formula is C8H15N3O2. The Morgan fingerprint density at radius 2 is 2.23 bits per heavy atom. The Balaban J connectivity index is 3.99. The van der Waals surface area contributed by atoms with Crippen LogP contribution in [0.15, 0.2) is 5.11 Å². The molecule has 0 spiro atoms. The molecule has 0 aromatic carbocycles. The van der Waals surface area contributed by atoms with E-state index in [0.717, 1.165) is 0 Å². The van der Waals surface area contributed by atoms with Gasteiger partial charge in [0.05, 0.1) is 6.61 Å². The Kier molecular flexibility index (Phi) is 5.72. The third-order valence-corrected chi connectivity index (χ3v) is 1.41. The molecule has 0 N–H and O–H groups in total. The molecule has 0 aromatic heterocycles. The predicted octanol–water partition coefficient (Wildman–Crippen LogP) is 2.27. The average Bonchev–Trinajstić information content (AvgIpc) is 2.10. The number of carbonyl (C=O) groups is 1. The highest BCUT2D eigenvalue weighted by molar-refractivity contribution is 5.75. The summed E-state index contributed by atoms with van der Waals surface area (Å²) in [6.45, 7) is 6.04. The number of rotatable bonds is 5. The Hall–Kier alpha value is -1.22. The molecule has 0 aromatic rings. The van der Waals surface area contributed by atoms with E-state index in [1.165, 1.54) is 0 Å². The third kappa shape index (κ3) is 5.09. The van der Waals surface area contributed by atoms with Crippen LogP contribution >= 0.6 is 0 Å². The number of hydrogen-bond donors (Lipinski definition) is 0. The van der Waals surface area contributed by atoms with E-state index in [9.17, 15) is 4.79 Å². The smallest absolute Gasteiger partial charge is 0.314 e. The SMILES string of the molecule is CCC(N=[N+]=[N-])C(=O)OCC(C)C. The predicted molar refractivity (Wildman–Crippen MR) is 49.0 cm³/mol. The maximum absolute atomic E-state index is 11.2. The average molecular weight is 185 g/mol. The normalized spacial score (nSPS) is 12.0. The summed E-state index contributed by atoms with van der Waals surface area (Å²) in [5.74, 6) is -0.137. The number of carbonyl (C=O) groups excluding carboxylic acids is 1. The number of nitrogens with zero attached hydrogens (tertiary/aromatic N) is 3. The summed E-state index contributed by atoms with van der Waals surface area (Å²) in [6, 6.07) is -0.677. The van der Waals surface area contributed by atoms with Gasteiger partial charge >= 0.3 is 5.97 Å². The quantitative estimate of drug-likeness (QED) is 0.285. The summed E-state index contributed by atoms with van der Waals surface area (Å²) in [5.41, 5.74) is 8.14. The van der Waals surface area contributed by atoms with E-state index in [-0.39, 0.29) is 0 Å². The maximum Gasteiger partial charge on any atom is 0.314 e. The van der Waals surface area contributed by atoms with Crippen molar-refractivity contribution in [2.24, 2.45) is 11.0 Å². The molecule has 74 valence electrons. The Morgan fingerprint density at radius 3 is 2.62 bits per heavy atom. The lowest BCUT2D eigenvalue weighted by Crippen LogP contribution is -2.22. The first-order valence-electron chi connectivity index (χ1n) is 4.32. The molecule has 0 fully saturated rings. The van der Waals surface area contributed by atoms with Crippen molar-refractivity contribution in [2.75, 3.05) is 6.61 Å². The van der Waals surface area contributed by atoms with Crippen LogP contribution in [0.4, 0.5) is 0 Å². The van der Waals surface area contributed by atoms with Gasteiger partial charge in [-0.25, -0.2) is 0 Å². The standard InChI is InChI=1S/C8H15N3O2/c1-4-7(10-11-9)8(12)13-5-6(2)3/h6-7H,4-5H2,1-3H3. The zero-order valence-electron chi connectivity index (χ0n) is 8.23. The second kappa shape index (κ2) is 6.31. The van der Waals surface area contributed by atoms with Crippen LogP contribution in [0, 0.1) is 5.92 Å². The Morgan fingerprint density at radius 1 is 1.62 bits per heavy atom. The molecule has 0 saturated heterocycles. The molecule has 0 rings (SSSR count). The largest absolute Gasteiger partial charge is 0.465 e. The molecule has 0 aliphatic rings. The number of hydrogen-bond acceptors (Lipinski definition) is 3. The van der Waals surface area contributed by atoms with Gasteiger partial charge in [-0.2, -0.15) is 0 Å². The van der Waals surface area contributed by atoms with Crippen LogP contribution in [0.2, 0.25) is 0 Å². The van der Waals surface area contributed by atoms with E-state index >= 15 is 0 Å². The minimum Gasteiger partial charge on any atom is -0.465 e. The summed E-state index contributed by atoms with van der Waals surface area (Å²) >= 11 is 0. The zero-order chi connectivity index (χ0) is 10.3. The highest BCUT2D eigenvalue weighted by Crippen LogP contribution is 2.02. The van der Waals surface area contributed by atoms with Crippen LogP contribution in [0.1, 0.15) is 27.2 Å². The van der Waals surface area contributed by atoms with Gasteiger partial charge in [-0.3, -0.25) is 4.79 Å². The Labute approximate surface area is 77.7 Å². The van der Waals surface area contributed by atoms with Gasteiger partial charge < -0.3 is 4.74 Å². The first-order valence-corrected chi connectivity index (χ1v) is 4.32. The van der Waals surface area contributed by atoms with E-state index in [1.54, 1.807) is 6.92 Å². The fourth-order valence-electron chi connectivity index (χ4n) is 0.703. The molecule has 0 amide bonds. The molecule has 5 heteroatoms. The molecule has 1 unspecified atom stereocenters. The second-order valence-corrected chi connectivity index (χ2v) is 3.15. The van der Waals surface area contributed by atoms with Crippen LogP contribution < -0.4 is 0 Å². The lowest BCUT2D eigenvalue weighted by atomic mass is 10.2. The lowest BCUT2D eigenvalue weighted by Gasteiger charge is -2.10. The third-order valence-electron chi connectivity index (χ3n) is 1.41. The van der Waals surface area contributed by atoms with Crippen LogP contribution in [0.5, 0.6) is 0 Å². The van der Waals surface area contributed by atoms with Crippen molar-refractivity contribution in [3.8, 4) is 0 Å². The van der Waals surface area contributed by atoms with Gasteiger partial charge in [-0.15, -0.1) is 0 Å². The Bertz CT molecular complexity index is 209. The highest BCUT2D eigenvalue weighted by Gasteiger charge is 2.15. The van der Waals surface area contributed by atoms with Crippen molar-refractivity contribution in [2.45, 2.75) is 33.2 Å². The lowest BCUT2D eigenvalue weighted by molar-refractivity contribution is -0.146. The van der Waals surface area contributed by atoms with Gasteiger partial charge in [-0.05, 0) is 17.9 Å². The van der Waals surface area contributed by atoms with Crippen LogP contribution in [0.25, 0.3) is 10.4 Å². The first-order chi connectivity index (χ1) is 6.11. The molecule has 0 radical (unpaired) electrons. The molecular weight excluding hydrogens is 170 g/mol. The van der Waals surface area contributed by atoms with Crippen molar-refractivity contribution in [1.29, 1.82) is 0 Å². The number of ether oxygens (including phenoxy) is 1. The van der Waals surface area contributed by atoms with Gasteiger partial charge in [0.2, 0.25) is 0 Å². The molecule has 0 heterocycles. The van der Waals surface area contributed by atoms with Gasteiger partial charge in [0.25, 0.3) is 0 Å². The van der Waals surface area contributed by atoms with Gasteiger partial charge in [-0.1, -0.05) is 25.9 Å². The van der Waals surface area contributed by atoms with E-state index in [2.05, 4.69) is 10.0 Å². The minimum absolute atomic E-state index is 0.299.